The Bertz CT molecular complexity index is 1240. The number of nitrogens with zero attached hydrogens (tertiary/aromatic N) is 2. The molecule has 0 saturated carbocycles. The molecule has 3 rings (SSSR count). The topological polar surface area (TPSA) is 88.6 Å². The van der Waals surface area contributed by atoms with Crippen molar-refractivity contribution in [3.8, 4) is 17.0 Å². The van der Waals surface area contributed by atoms with Crippen LogP contribution in [0, 0.1) is 18.8 Å². The number of aryl methyl sites for hydroxylation is 1. The van der Waals surface area contributed by atoms with E-state index in [1.807, 2.05) is 58.9 Å². The maximum Gasteiger partial charge on any atom is 0.257 e. The van der Waals surface area contributed by atoms with Crippen molar-refractivity contribution in [3.05, 3.63) is 59.0 Å². The zero-order valence-electron chi connectivity index (χ0n) is 21.0. The van der Waals surface area contributed by atoms with E-state index in [9.17, 15) is 13.2 Å². The molecule has 9 heteroatoms. The first-order valence-electron chi connectivity index (χ1n) is 11.5. The third-order valence-corrected chi connectivity index (χ3v) is 8.00. The van der Waals surface area contributed by atoms with Gasteiger partial charge in [0.1, 0.15) is 5.75 Å². The van der Waals surface area contributed by atoms with Gasteiger partial charge in [-0.05, 0) is 67.3 Å². The number of methoxy groups -OCH3 is 1. The number of sulfonamides is 1. The minimum Gasteiger partial charge on any atom is -0.497 e. The van der Waals surface area contributed by atoms with Crippen molar-refractivity contribution in [1.82, 2.24) is 9.29 Å². The minimum atomic E-state index is -3.65. The van der Waals surface area contributed by atoms with Crippen molar-refractivity contribution in [1.29, 1.82) is 0 Å². The summed E-state index contributed by atoms with van der Waals surface area (Å²) in [6, 6.07) is 13.6. The first kappa shape index (κ1) is 26.8. The van der Waals surface area contributed by atoms with Gasteiger partial charge < -0.3 is 4.74 Å². The van der Waals surface area contributed by atoms with Gasteiger partial charge in [-0.1, -0.05) is 27.7 Å². The van der Waals surface area contributed by atoms with E-state index in [0.29, 0.717) is 23.8 Å². The van der Waals surface area contributed by atoms with Crippen molar-refractivity contribution >= 4 is 32.4 Å². The van der Waals surface area contributed by atoms with E-state index in [1.165, 1.54) is 39.9 Å². The third-order valence-electron chi connectivity index (χ3n) is 5.27. The molecule has 0 unspecified atom stereocenters. The summed E-state index contributed by atoms with van der Waals surface area (Å²) in [7, 11) is -2.03. The predicted octanol–water partition coefficient (Wildman–Crippen LogP) is 5.68. The molecule has 35 heavy (non-hydrogen) atoms. The van der Waals surface area contributed by atoms with E-state index < -0.39 is 10.0 Å². The molecule has 1 heterocycles. The highest BCUT2D eigenvalue weighted by molar-refractivity contribution is 7.89. The van der Waals surface area contributed by atoms with Crippen molar-refractivity contribution in [3.63, 3.8) is 0 Å². The van der Waals surface area contributed by atoms with Gasteiger partial charge in [0, 0.05) is 29.1 Å². The number of aromatic nitrogens is 1. The van der Waals surface area contributed by atoms with Crippen LogP contribution < -0.4 is 10.1 Å². The summed E-state index contributed by atoms with van der Waals surface area (Å²) >= 11 is 1.39. The standard InChI is InChI=1S/C26H33N3O4S2/c1-17(2)15-29(16-18(3)4)35(31,32)23-13-9-21(10-14-23)25(30)28-26-27-24(19(5)34-26)20-7-11-22(33-6)12-8-20/h7-14,17-18H,15-16H2,1-6H3,(H,27,28,30). The Balaban J connectivity index is 1.75. The van der Waals surface area contributed by atoms with Crippen LogP contribution in [0.25, 0.3) is 11.3 Å². The molecule has 0 spiro atoms. The highest BCUT2D eigenvalue weighted by Gasteiger charge is 2.26. The number of hydrogen-bond acceptors (Lipinski definition) is 6. The average molecular weight is 516 g/mol. The number of amides is 1. The lowest BCUT2D eigenvalue weighted by Gasteiger charge is -2.25. The second-order valence-electron chi connectivity index (χ2n) is 9.24. The number of ether oxygens (including phenoxy) is 1. The van der Waals surface area contributed by atoms with E-state index in [0.717, 1.165) is 21.9 Å². The zero-order chi connectivity index (χ0) is 25.8. The highest BCUT2D eigenvalue weighted by Crippen LogP contribution is 2.31. The fourth-order valence-electron chi connectivity index (χ4n) is 3.65. The maximum absolute atomic E-state index is 13.2. The van der Waals surface area contributed by atoms with Gasteiger partial charge in [-0.3, -0.25) is 10.1 Å². The van der Waals surface area contributed by atoms with Gasteiger partial charge in [0.25, 0.3) is 5.91 Å². The summed E-state index contributed by atoms with van der Waals surface area (Å²) in [5.41, 5.74) is 2.09. The molecule has 1 N–H and O–H groups in total. The molecule has 3 aromatic rings. The molecule has 188 valence electrons. The van der Waals surface area contributed by atoms with Gasteiger partial charge in [-0.15, -0.1) is 11.3 Å². The summed E-state index contributed by atoms with van der Waals surface area (Å²) in [6.45, 7) is 10.8. The van der Waals surface area contributed by atoms with Gasteiger partial charge in [0.2, 0.25) is 10.0 Å². The Labute approximate surface area is 212 Å². The summed E-state index contributed by atoms with van der Waals surface area (Å²) in [6.07, 6.45) is 0. The number of benzene rings is 2. The summed E-state index contributed by atoms with van der Waals surface area (Å²) in [5, 5.41) is 3.31. The molecule has 0 bridgehead atoms. The average Bonchev–Trinajstić information content (AvgIpc) is 3.17. The van der Waals surface area contributed by atoms with Crippen LogP contribution in [0.15, 0.2) is 53.4 Å². The molecular weight excluding hydrogens is 482 g/mol. The van der Waals surface area contributed by atoms with Gasteiger partial charge in [0.05, 0.1) is 17.7 Å². The molecule has 7 nitrogen and oxygen atoms in total. The van der Waals surface area contributed by atoms with Gasteiger partial charge in [0.15, 0.2) is 5.13 Å². The van der Waals surface area contributed by atoms with E-state index >= 15 is 0 Å². The van der Waals surface area contributed by atoms with E-state index in [1.54, 1.807) is 7.11 Å². The van der Waals surface area contributed by atoms with E-state index in [-0.39, 0.29) is 22.6 Å². The van der Waals surface area contributed by atoms with Crippen LogP contribution in [-0.4, -0.2) is 43.8 Å². The maximum atomic E-state index is 13.2. The number of anilines is 1. The smallest absolute Gasteiger partial charge is 0.257 e. The molecule has 0 aliphatic heterocycles. The Morgan fingerprint density at radius 2 is 1.57 bits per heavy atom. The van der Waals surface area contributed by atoms with E-state index in [4.69, 9.17) is 4.74 Å². The van der Waals surface area contributed by atoms with Crippen LogP contribution in [0.4, 0.5) is 5.13 Å². The molecular formula is C26H33N3O4S2. The third kappa shape index (κ3) is 6.68. The fourth-order valence-corrected chi connectivity index (χ4v) is 6.25. The second kappa shape index (κ2) is 11.3. The van der Waals surface area contributed by atoms with E-state index in [2.05, 4.69) is 10.3 Å². The van der Waals surface area contributed by atoms with Crippen LogP contribution in [0.1, 0.15) is 42.9 Å². The first-order chi connectivity index (χ1) is 16.5. The van der Waals surface area contributed by atoms with Crippen LogP contribution in [0.3, 0.4) is 0 Å². The lowest BCUT2D eigenvalue weighted by atomic mass is 10.1. The van der Waals surface area contributed by atoms with Crippen molar-refractivity contribution < 1.29 is 17.9 Å². The Hall–Kier alpha value is -2.75. The summed E-state index contributed by atoms with van der Waals surface area (Å²) in [4.78, 5) is 18.6. The number of carbonyl (C=O) groups excluding carboxylic acids is 1. The molecule has 0 atom stereocenters. The molecule has 0 saturated heterocycles. The second-order valence-corrected chi connectivity index (χ2v) is 12.4. The highest BCUT2D eigenvalue weighted by atomic mass is 32.2. The largest absolute Gasteiger partial charge is 0.497 e. The Kier molecular flexibility index (Phi) is 8.69. The summed E-state index contributed by atoms with van der Waals surface area (Å²) < 4.78 is 33.1. The van der Waals surface area contributed by atoms with Gasteiger partial charge >= 0.3 is 0 Å². The quantitative estimate of drug-likeness (QED) is 0.375. The number of hydrogen-bond donors (Lipinski definition) is 1. The van der Waals surface area contributed by atoms with Crippen LogP contribution in [0.5, 0.6) is 5.75 Å². The lowest BCUT2D eigenvalue weighted by Crippen LogP contribution is -2.37. The zero-order valence-corrected chi connectivity index (χ0v) is 22.7. The molecule has 0 aliphatic rings. The molecule has 0 radical (unpaired) electrons. The number of rotatable bonds is 10. The number of carbonyl (C=O) groups is 1. The van der Waals surface area contributed by atoms with Gasteiger partial charge in [-0.2, -0.15) is 4.31 Å². The monoisotopic (exact) mass is 515 g/mol. The van der Waals surface area contributed by atoms with Crippen molar-refractivity contribution in [2.24, 2.45) is 11.8 Å². The molecule has 0 aliphatic carbocycles. The van der Waals surface area contributed by atoms with Crippen molar-refractivity contribution in [2.75, 3.05) is 25.5 Å². The fraction of sp³-hybridized carbons (Fsp3) is 0.385. The number of nitrogens with one attached hydrogen (secondary N) is 1. The SMILES string of the molecule is COc1ccc(-c2nc(NC(=O)c3ccc(S(=O)(=O)N(CC(C)C)CC(C)C)cc3)sc2C)cc1. The Morgan fingerprint density at radius 1 is 1.00 bits per heavy atom. The molecule has 1 aromatic heterocycles. The van der Waals surface area contributed by atoms with Gasteiger partial charge in [-0.25, -0.2) is 13.4 Å². The van der Waals surface area contributed by atoms with Crippen LogP contribution in [-0.2, 0) is 10.0 Å². The molecule has 2 aromatic carbocycles. The van der Waals surface area contributed by atoms with Crippen LogP contribution >= 0.6 is 11.3 Å². The van der Waals surface area contributed by atoms with Crippen molar-refractivity contribution in [2.45, 2.75) is 39.5 Å². The predicted molar refractivity (Wildman–Crippen MR) is 142 cm³/mol. The molecule has 0 fully saturated rings. The lowest BCUT2D eigenvalue weighted by molar-refractivity contribution is 0.102. The number of thiazole rings is 1. The van der Waals surface area contributed by atoms with Crippen LogP contribution in [0.2, 0.25) is 0 Å². The summed E-state index contributed by atoms with van der Waals surface area (Å²) in [5.74, 6) is 0.832. The molecule has 1 amide bonds. The first-order valence-corrected chi connectivity index (χ1v) is 13.8. The minimum absolute atomic E-state index is 0.183. The Morgan fingerprint density at radius 3 is 2.09 bits per heavy atom. The normalized spacial score (nSPS) is 11.9.